The Labute approximate surface area is 73.7 Å². The van der Waals surface area contributed by atoms with Gasteiger partial charge in [0.25, 0.3) is 0 Å². The first-order valence-electron chi connectivity index (χ1n) is 3.99. The van der Waals surface area contributed by atoms with Gasteiger partial charge in [-0.25, -0.2) is 0 Å². The highest BCUT2D eigenvalue weighted by atomic mass is 16.2. The van der Waals surface area contributed by atoms with E-state index < -0.39 is 5.54 Å². The van der Waals surface area contributed by atoms with Crippen LogP contribution in [0.1, 0.15) is 26.7 Å². The monoisotopic (exact) mass is 168 g/mol. The molecule has 0 aromatic heterocycles. The quantitative estimate of drug-likeness (QED) is 0.467. The molecule has 68 valence electrons. The SMILES string of the molecule is C#CCCCNC(=O)C(C)(C)N. The Morgan fingerprint density at radius 3 is 2.67 bits per heavy atom. The number of hydrogen-bond acceptors (Lipinski definition) is 2. The third kappa shape index (κ3) is 4.75. The maximum Gasteiger partial charge on any atom is 0.239 e. The van der Waals surface area contributed by atoms with Crippen LogP contribution < -0.4 is 11.1 Å². The molecular formula is C9H16N2O. The second-order valence-corrected chi connectivity index (χ2v) is 3.29. The minimum atomic E-state index is -0.795. The number of nitrogens with one attached hydrogen (secondary N) is 1. The van der Waals surface area contributed by atoms with Gasteiger partial charge < -0.3 is 11.1 Å². The van der Waals surface area contributed by atoms with E-state index in [4.69, 9.17) is 12.2 Å². The van der Waals surface area contributed by atoms with Gasteiger partial charge >= 0.3 is 0 Å². The molecular weight excluding hydrogens is 152 g/mol. The third-order valence-corrected chi connectivity index (χ3v) is 1.37. The molecule has 0 aliphatic carbocycles. The Morgan fingerprint density at radius 1 is 1.67 bits per heavy atom. The fourth-order valence-electron chi connectivity index (χ4n) is 0.620. The molecule has 0 saturated carbocycles. The van der Waals surface area contributed by atoms with Gasteiger partial charge in [-0.2, -0.15) is 0 Å². The van der Waals surface area contributed by atoms with Gasteiger partial charge in [-0.1, -0.05) is 0 Å². The largest absolute Gasteiger partial charge is 0.354 e. The van der Waals surface area contributed by atoms with Gasteiger partial charge in [0.1, 0.15) is 0 Å². The average Bonchev–Trinajstić information content (AvgIpc) is 1.96. The molecule has 0 unspecified atom stereocenters. The lowest BCUT2D eigenvalue weighted by molar-refractivity contribution is -0.125. The van der Waals surface area contributed by atoms with Gasteiger partial charge in [0.05, 0.1) is 5.54 Å². The fraction of sp³-hybridized carbons (Fsp3) is 0.667. The van der Waals surface area contributed by atoms with Crippen LogP contribution in [0.15, 0.2) is 0 Å². The van der Waals surface area contributed by atoms with Crippen LogP contribution in [0.25, 0.3) is 0 Å². The Hall–Kier alpha value is -1.01. The van der Waals surface area contributed by atoms with Crippen molar-refractivity contribution in [2.24, 2.45) is 5.73 Å². The van der Waals surface area contributed by atoms with Crippen molar-refractivity contribution in [1.82, 2.24) is 5.32 Å². The summed E-state index contributed by atoms with van der Waals surface area (Å²) >= 11 is 0. The summed E-state index contributed by atoms with van der Waals surface area (Å²) in [5.74, 6) is 2.36. The highest BCUT2D eigenvalue weighted by Crippen LogP contribution is 1.95. The summed E-state index contributed by atoms with van der Waals surface area (Å²) < 4.78 is 0. The Morgan fingerprint density at radius 2 is 2.25 bits per heavy atom. The van der Waals surface area contributed by atoms with E-state index in [0.29, 0.717) is 13.0 Å². The molecule has 0 aromatic carbocycles. The molecule has 0 fully saturated rings. The van der Waals surface area contributed by atoms with Crippen LogP contribution in [0.5, 0.6) is 0 Å². The number of amides is 1. The molecule has 0 saturated heterocycles. The Balaban J connectivity index is 3.53. The van der Waals surface area contributed by atoms with E-state index in [9.17, 15) is 4.79 Å². The summed E-state index contributed by atoms with van der Waals surface area (Å²) in [5, 5.41) is 2.70. The van der Waals surface area contributed by atoms with Crippen LogP contribution in [0.4, 0.5) is 0 Å². The first-order chi connectivity index (χ1) is 5.48. The first kappa shape index (κ1) is 11.0. The summed E-state index contributed by atoms with van der Waals surface area (Å²) in [6.07, 6.45) is 6.53. The van der Waals surface area contributed by atoms with E-state index in [1.54, 1.807) is 13.8 Å². The van der Waals surface area contributed by atoms with Crippen molar-refractivity contribution >= 4 is 5.91 Å². The molecule has 0 radical (unpaired) electrons. The summed E-state index contributed by atoms with van der Waals surface area (Å²) in [7, 11) is 0. The van der Waals surface area contributed by atoms with E-state index >= 15 is 0 Å². The molecule has 0 aromatic rings. The number of carbonyl (C=O) groups excluding carboxylic acids is 1. The second-order valence-electron chi connectivity index (χ2n) is 3.29. The van der Waals surface area contributed by atoms with Crippen LogP contribution in [0.3, 0.4) is 0 Å². The van der Waals surface area contributed by atoms with Crippen LogP contribution in [-0.2, 0) is 4.79 Å². The number of rotatable bonds is 4. The molecule has 3 N–H and O–H groups in total. The van der Waals surface area contributed by atoms with E-state index in [1.165, 1.54) is 0 Å². The van der Waals surface area contributed by atoms with Crippen LogP contribution >= 0.6 is 0 Å². The average molecular weight is 168 g/mol. The minimum Gasteiger partial charge on any atom is -0.354 e. The highest BCUT2D eigenvalue weighted by molar-refractivity contribution is 5.84. The maximum absolute atomic E-state index is 11.1. The standard InChI is InChI=1S/C9H16N2O/c1-4-5-6-7-11-8(12)9(2,3)10/h1H,5-7,10H2,2-3H3,(H,11,12). The van der Waals surface area contributed by atoms with Crippen molar-refractivity contribution in [1.29, 1.82) is 0 Å². The summed E-state index contributed by atoms with van der Waals surface area (Å²) in [6, 6.07) is 0. The van der Waals surface area contributed by atoms with Gasteiger partial charge in [-0.05, 0) is 20.3 Å². The predicted octanol–water partition coefficient (Wildman–Crippen LogP) is 0.253. The Kier molecular flexibility index (Phi) is 4.38. The topological polar surface area (TPSA) is 55.1 Å². The van der Waals surface area contributed by atoms with Crippen molar-refractivity contribution in [3.63, 3.8) is 0 Å². The first-order valence-corrected chi connectivity index (χ1v) is 3.99. The zero-order valence-electron chi connectivity index (χ0n) is 7.68. The molecule has 3 nitrogen and oxygen atoms in total. The van der Waals surface area contributed by atoms with Crippen LogP contribution in [0.2, 0.25) is 0 Å². The molecule has 0 spiro atoms. The molecule has 0 aliphatic rings. The van der Waals surface area contributed by atoms with E-state index in [-0.39, 0.29) is 5.91 Å². The normalized spacial score (nSPS) is 10.5. The molecule has 0 aliphatic heterocycles. The Bertz CT molecular complexity index is 186. The molecule has 0 rings (SSSR count). The van der Waals surface area contributed by atoms with E-state index in [0.717, 1.165) is 6.42 Å². The number of nitrogens with two attached hydrogens (primary N) is 1. The van der Waals surface area contributed by atoms with Gasteiger partial charge in [-0.15, -0.1) is 12.3 Å². The van der Waals surface area contributed by atoms with Crippen molar-refractivity contribution in [3.05, 3.63) is 0 Å². The van der Waals surface area contributed by atoms with Gasteiger partial charge in [0.15, 0.2) is 0 Å². The summed E-state index contributed by atoms with van der Waals surface area (Å²) in [6.45, 7) is 3.94. The van der Waals surface area contributed by atoms with Crippen molar-refractivity contribution in [2.45, 2.75) is 32.2 Å². The molecule has 1 amide bonds. The van der Waals surface area contributed by atoms with Gasteiger partial charge in [0, 0.05) is 13.0 Å². The van der Waals surface area contributed by atoms with Crippen molar-refractivity contribution in [3.8, 4) is 12.3 Å². The summed E-state index contributed by atoms with van der Waals surface area (Å²) in [5.41, 5.74) is 4.75. The lowest BCUT2D eigenvalue weighted by atomic mass is 10.1. The number of hydrogen-bond donors (Lipinski definition) is 2. The van der Waals surface area contributed by atoms with Crippen LogP contribution in [-0.4, -0.2) is 18.0 Å². The molecule has 0 atom stereocenters. The smallest absolute Gasteiger partial charge is 0.239 e. The molecule has 3 heteroatoms. The zero-order chi connectivity index (χ0) is 9.61. The molecule has 0 heterocycles. The van der Waals surface area contributed by atoms with Crippen molar-refractivity contribution in [2.75, 3.05) is 6.54 Å². The molecule has 12 heavy (non-hydrogen) atoms. The zero-order valence-corrected chi connectivity index (χ0v) is 7.68. The minimum absolute atomic E-state index is 0.139. The predicted molar refractivity (Wildman–Crippen MR) is 49.3 cm³/mol. The lowest BCUT2D eigenvalue weighted by Gasteiger charge is -2.17. The van der Waals surface area contributed by atoms with Gasteiger partial charge in [0.2, 0.25) is 5.91 Å². The fourth-order valence-corrected chi connectivity index (χ4v) is 0.620. The number of terminal acetylenes is 1. The number of unbranched alkanes of at least 4 members (excludes halogenated alkanes) is 1. The van der Waals surface area contributed by atoms with E-state index in [2.05, 4.69) is 11.2 Å². The van der Waals surface area contributed by atoms with Crippen molar-refractivity contribution < 1.29 is 4.79 Å². The lowest BCUT2D eigenvalue weighted by Crippen LogP contribution is -2.49. The maximum atomic E-state index is 11.1. The highest BCUT2D eigenvalue weighted by Gasteiger charge is 2.20. The number of carbonyl (C=O) groups is 1. The summed E-state index contributed by atoms with van der Waals surface area (Å²) in [4.78, 5) is 11.1. The van der Waals surface area contributed by atoms with Crippen LogP contribution in [0, 0.1) is 12.3 Å². The second kappa shape index (κ2) is 4.78. The molecule has 0 bridgehead atoms. The van der Waals surface area contributed by atoms with Gasteiger partial charge in [-0.3, -0.25) is 4.79 Å². The third-order valence-electron chi connectivity index (χ3n) is 1.37. The van der Waals surface area contributed by atoms with E-state index in [1.807, 2.05) is 0 Å².